The van der Waals surface area contributed by atoms with Crippen molar-refractivity contribution in [3.63, 3.8) is 0 Å². The molecular weight excluding hydrogens is 264 g/mol. The molecule has 108 valence electrons. The molecule has 20 heavy (non-hydrogen) atoms. The van der Waals surface area contributed by atoms with Gasteiger partial charge in [0.1, 0.15) is 6.61 Å². The standard InChI is InChI=1S/C15H17F2NO2/c1-14-10-18(8-7-12(14)15(14,16)17)13(19)20-9-11-5-3-2-4-6-11/h2-6,12H,7-10H2,1H3/t12-,14+/m1/s1. The number of benzene rings is 1. The second-order valence-corrected chi connectivity index (χ2v) is 5.84. The van der Waals surface area contributed by atoms with Crippen LogP contribution in [0.25, 0.3) is 0 Å². The van der Waals surface area contributed by atoms with Crippen molar-refractivity contribution < 1.29 is 18.3 Å². The lowest BCUT2D eigenvalue weighted by atomic mass is 10.00. The average Bonchev–Trinajstić information content (AvgIpc) is 2.90. The van der Waals surface area contributed by atoms with Crippen LogP contribution in [0.4, 0.5) is 13.6 Å². The number of amides is 1. The van der Waals surface area contributed by atoms with Gasteiger partial charge in [-0.2, -0.15) is 0 Å². The molecule has 0 radical (unpaired) electrons. The van der Waals surface area contributed by atoms with Crippen LogP contribution in [0, 0.1) is 11.3 Å². The number of alkyl halides is 2. The van der Waals surface area contributed by atoms with E-state index in [0.29, 0.717) is 13.0 Å². The molecule has 3 rings (SSSR count). The molecule has 0 aromatic heterocycles. The fourth-order valence-electron chi connectivity index (χ4n) is 3.12. The van der Waals surface area contributed by atoms with Crippen molar-refractivity contribution in [3.05, 3.63) is 35.9 Å². The maximum Gasteiger partial charge on any atom is 0.410 e. The molecule has 2 atom stereocenters. The zero-order valence-corrected chi connectivity index (χ0v) is 11.3. The number of nitrogens with zero attached hydrogens (tertiary/aromatic N) is 1. The first-order valence-corrected chi connectivity index (χ1v) is 6.78. The van der Waals surface area contributed by atoms with Crippen LogP contribution in [0.1, 0.15) is 18.9 Å². The number of carbonyl (C=O) groups is 1. The third-order valence-electron chi connectivity index (χ3n) is 4.56. The molecule has 1 heterocycles. The average molecular weight is 281 g/mol. The highest BCUT2D eigenvalue weighted by Crippen LogP contribution is 2.68. The quantitative estimate of drug-likeness (QED) is 0.832. The maximum absolute atomic E-state index is 13.6. The summed E-state index contributed by atoms with van der Waals surface area (Å²) in [5.41, 5.74) is -0.171. The van der Waals surface area contributed by atoms with Crippen LogP contribution < -0.4 is 0 Å². The molecule has 1 aliphatic heterocycles. The number of rotatable bonds is 2. The first kappa shape index (κ1) is 13.3. The van der Waals surface area contributed by atoms with Crippen molar-refractivity contribution in [2.45, 2.75) is 25.9 Å². The van der Waals surface area contributed by atoms with Crippen molar-refractivity contribution in [2.75, 3.05) is 13.1 Å². The van der Waals surface area contributed by atoms with Gasteiger partial charge < -0.3 is 9.64 Å². The Balaban J connectivity index is 1.57. The van der Waals surface area contributed by atoms with Crippen LogP contribution in [0.3, 0.4) is 0 Å². The van der Waals surface area contributed by atoms with Crippen molar-refractivity contribution in [1.29, 1.82) is 0 Å². The lowest BCUT2D eigenvalue weighted by molar-refractivity contribution is 0.0494. The molecule has 3 nitrogen and oxygen atoms in total. The van der Waals surface area contributed by atoms with E-state index in [9.17, 15) is 13.6 Å². The number of hydrogen-bond donors (Lipinski definition) is 0. The summed E-state index contributed by atoms with van der Waals surface area (Å²) in [6.45, 7) is 2.16. The monoisotopic (exact) mass is 281 g/mol. The second kappa shape index (κ2) is 4.43. The highest BCUT2D eigenvalue weighted by atomic mass is 19.3. The summed E-state index contributed by atoms with van der Waals surface area (Å²) in [5.74, 6) is -3.21. The van der Waals surface area contributed by atoms with Crippen molar-refractivity contribution in [1.82, 2.24) is 4.90 Å². The third kappa shape index (κ3) is 1.96. The van der Waals surface area contributed by atoms with E-state index in [4.69, 9.17) is 4.74 Å². The van der Waals surface area contributed by atoms with Crippen molar-refractivity contribution in [2.24, 2.45) is 11.3 Å². The second-order valence-electron chi connectivity index (χ2n) is 5.84. The van der Waals surface area contributed by atoms with Crippen LogP contribution >= 0.6 is 0 Å². The van der Waals surface area contributed by atoms with Crippen molar-refractivity contribution in [3.8, 4) is 0 Å². The van der Waals surface area contributed by atoms with Gasteiger partial charge in [0.05, 0.1) is 5.41 Å². The smallest absolute Gasteiger partial charge is 0.410 e. The summed E-state index contributed by atoms with van der Waals surface area (Å²) < 4.78 is 32.4. The molecule has 1 amide bonds. The Morgan fingerprint density at radius 2 is 2.10 bits per heavy atom. The topological polar surface area (TPSA) is 29.5 Å². The Labute approximate surface area is 116 Å². The van der Waals surface area contributed by atoms with E-state index in [1.165, 1.54) is 4.90 Å². The molecule has 1 saturated carbocycles. The Hall–Kier alpha value is -1.65. The largest absolute Gasteiger partial charge is 0.445 e. The molecule has 1 saturated heterocycles. The fourth-order valence-corrected chi connectivity index (χ4v) is 3.12. The summed E-state index contributed by atoms with van der Waals surface area (Å²) in [7, 11) is 0. The number of likely N-dealkylation sites (tertiary alicyclic amines) is 1. The van der Waals surface area contributed by atoms with Crippen LogP contribution in [0.2, 0.25) is 0 Å². The maximum atomic E-state index is 13.6. The van der Waals surface area contributed by atoms with Gasteiger partial charge >= 0.3 is 6.09 Å². The minimum absolute atomic E-state index is 0.0816. The molecule has 0 N–H and O–H groups in total. The van der Waals surface area contributed by atoms with E-state index in [-0.39, 0.29) is 13.2 Å². The molecule has 2 aliphatic rings. The van der Waals surface area contributed by atoms with Gasteiger partial charge in [0.2, 0.25) is 0 Å². The SMILES string of the molecule is C[C@]12CN(C(=O)OCc3ccccc3)CC[C@H]1C2(F)F. The van der Waals surface area contributed by atoms with Crippen molar-refractivity contribution >= 4 is 6.09 Å². The minimum atomic E-state index is -2.64. The Bertz CT molecular complexity index is 520. The van der Waals surface area contributed by atoms with Crippen LogP contribution in [-0.2, 0) is 11.3 Å². The zero-order valence-electron chi connectivity index (χ0n) is 11.3. The number of carbonyl (C=O) groups excluding carboxylic acids is 1. The number of hydrogen-bond acceptors (Lipinski definition) is 2. The molecule has 0 spiro atoms. The van der Waals surface area contributed by atoms with Gasteiger partial charge in [-0.3, -0.25) is 0 Å². The zero-order chi connectivity index (χ0) is 14.4. The van der Waals surface area contributed by atoms with Crippen LogP contribution in [0.15, 0.2) is 30.3 Å². The summed E-state index contributed by atoms with van der Waals surface area (Å²) in [6.07, 6.45) is -0.152. The Morgan fingerprint density at radius 1 is 1.40 bits per heavy atom. The summed E-state index contributed by atoms with van der Waals surface area (Å²) >= 11 is 0. The molecular formula is C15H17F2NO2. The highest BCUT2D eigenvalue weighted by molar-refractivity contribution is 5.68. The first-order valence-electron chi connectivity index (χ1n) is 6.78. The Morgan fingerprint density at radius 3 is 2.75 bits per heavy atom. The van der Waals surface area contributed by atoms with Gasteiger partial charge in [-0.25, -0.2) is 13.6 Å². The molecule has 0 bridgehead atoms. The molecule has 0 unspecified atom stereocenters. The van der Waals surface area contributed by atoms with E-state index in [2.05, 4.69) is 0 Å². The van der Waals surface area contributed by atoms with Gasteiger partial charge in [-0.1, -0.05) is 37.3 Å². The lowest BCUT2D eigenvalue weighted by Crippen LogP contribution is -2.40. The molecule has 5 heteroatoms. The van der Waals surface area contributed by atoms with Gasteiger partial charge in [0.15, 0.2) is 0 Å². The van der Waals surface area contributed by atoms with E-state index in [1.54, 1.807) is 6.92 Å². The predicted molar refractivity (Wildman–Crippen MR) is 69.4 cm³/mol. The predicted octanol–water partition coefficient (Wildman–Crippen LogP) is 3.30. The normalized spacial score (nSPS) is 30.6. The lowest BCUT2D eigenvalue weighted by Gasteiger charge is -2.28. The van der Waals surface area contributed by atoms with Gasteiger partial charge in [0.25, 0.3) is 5.92 Å². The fraction of sp³-hybridized carbons (Fsp3) is 0.533. The summed E-state index contributed by atoms with van der Waals surface area (Å²) in [5, 5.41) is 0. The minimum Gasteiger partial charge on any atom is -0.445 e. The van der Waals surface area contributed by atoms with Crippen LogP contribution in [0.5, 0.6) is 0 Å². The van der Waals surface area contributed by atoms with Gasteiger partial charge in [0, 0.05) is 19.0 Å². The number of fused-ring (bicyclic) bond motifs is 1. The molecule has 2 fully saturated rings. The molecule has 1 aliphatic carbocycles. The third-order valence-corrected chi connectivity index (χ3v) is 4.56. The summed E-state index contributed by atoms with van der Waals surface area (Å²) in [4.78, 5) is 13.4. The van der Waals surface area contributed by atoms with E-state index < -0.39 is 23.3 Å². The van der Waals surface area contributed by atoms with Crippen LogP contribution in [-0.4, -0.2) is 30.0 Å². The molecule has 1 aromatic rings. The number of halogens is 2. The number of ether oxygens (including phenoxy) is 1. The number of piperidine rings is 1. The van der Waals surface area contributed by atoms with E-state index in [1.807, 2.05) is 30.3 Å². The highest BCUT2D eigenvalue weighted by Gasteiger charge is 2.78. The summed E-state index contributed by atoms with van der Waals surface area (Å²) in [6, 6.07) is 9.32. The van der Waals surface area contributed by atoms with Gasteiger partial charge in [-0.05, 0) is 12.0 Å². The van der Waals surface area contributed by atoms with E-state index in [0.717, 1.165) is 5.56 Å². The molecule has 1 aromatic carbocycles. The first-order chi connectivity index (χ1) is 9.45. The Kier molecular flexibility index (Phi) is 2.96. The van der Waals surface area contributed by atoms with E-state index >= 15 is 0 Å². The van der Waals surface area contributed by atoms with Gasteiger partial charge in [-0.15, -0.1) is 0 Å².